The second-order valence-corrected chi connectivity index (χ2v) is 9.03. The van der Waals surface area contributed by atoms with Gasteiger partial charge in [-0.3, -0.25) is 9.59 Å². The number of anilines is 1. The van der Waals surface area contributed by atoms with E-state index >= 15 is 0 Å². The summed E-state index contributed by atoms with van der Waals surface area (Å²) in [6.07, 6.45) is 9.42. The Morgan fingerprint density at radius 3 is 2.55 bits per heavy atom. The Morgan fingerprint density at radius 1 is 0.939 bits per heavy atom. The molecule has 0 aliphatic heterocycles. The van der Waals surface area contributed by atoms with Crippen LogP contribution in [-0.4, -0.2) is 22.0 Å². The molecule has 33 heavy (non-hydrogen) atoms. The van der Waals surface area contributed by atoms with Crippen molar-refractivity contribution < 1.29 is 14.1 Å². The largest absolute Gasteiger partial charge is 0.360 e. The Hall–Kier alpha value is -3.48. The average Bonchev–Trinajstić information content (AvgIpc) is 3.59. The Labute approximate surface area is 193 Å². The van der Waals surface area contributed by atoms with E-state index in [1.807, 2.05) is 24.3 Å². The van der Waals surface area contributed by atoms with E-state index in [1.165, 1.54) is 6.42 Å². The molecule has 3 aromatic rings. The number of carbonyl (C=O) groups is 2. The number of benzene rings is 1. The predicted octanol–water partition coefficient (Wildman–Crippen LogP) is 5.25. The van der Waals surface area contributed by atoms with Crippen LogP contribution in [0.5, 0.6) is 0 Å². The van der Waals surface area contributed by atoms with Crippen LogP contribution in [0.3, 0.4) is 0 Å². The summed E-state index contributed by atoms with van der Waals surface area (Å²) < 4.78 is 5.38. The van der Waals surface area contributed by atoms with Crippen molar-refractivity contribution in [3.8, 4) is 0 Å². The number of carbonyl (C=O) groups excluding carboxylic acids is 2. The van der Waals surface area contributed by atoms with Gasteiger partial charge in [-0.25, -0.2) is 4.98 Å². The molecular weight excluding hydrogens is 416 g/mol. The zero-order valence-electron chi connectivity index (χ0n) is 18.5. The molecule has 170 valence electrons. The molecule has 0 saturated heterocycles. The number of aromatic nitrogens is 2. The van der Waals surface area contributed by atoms with Crippen molar-refractivity contribution in [3.63, 3.8) is 0 Å². The highest BCUT2D eigenvalue weighted by molar-refractivity contribution is 6.03. The maximum Gasteiger partial charge on any atom is 0.273 e. The molecule has 2 aromatic heterocycles. The number of nitrogens with one attached hydrogen (secondary N) is 2. The van der Waals surface area contributed by atoms with Gasteiger partial charge in [0.25, 0.3) is 11.8 Å². The van der Waals surface area contributed by atoms with Gasteiger partial charge in [-0.05, 0) is 61.4 Å². The molecule has 2 heterocycles. The summed E-state index contributed by atoms with van der Waals surface area (Å²) in [5, 5.41) is 10.0. The average molecular weight is 445 g/mol. The third-order valence-corrected chi connectivity index (χ3v) is 6.56. The van der Waals surface area contributed by atoms with Gasteiger partial charge in [0.15, 0.2) is 5.69 Å². The van der Waals surface area contributed by atoms with Crippen LogP contribution in [0.4, 0.5) is 5.82 Å². The van der Waals surface area contributed by atoms with Crippen molar-refractivity contribution in [1.29, 1.82) is 0 Å². The SMILES string of the molecule is O=C(Nc1ccccn1)c1cccc(C(NC(=O)c2cc(C3CC3)on2)C2CCCCC2)c1. The van der Waals surface area contributed by atoms with Gasteiger partial charge in [0.05, 0.1) is 6.04 Å². The monoisotopic (exact) mass is 444 g/mol. The van der Waals surface area contributed by atoms with Gasteiger partial charge in [-0.2, -0.15) is 0 Å². The molecule has 7 heteroatoms. The fourth-order valence-corrected chi connectivity index (χ4v) is 4.61. The molecule has 1 aromatic carbocycles. The van der Waals surface area contributed by atoms with E-state index in [0.717, 1.165) is 49.8 Å². The molecule has 0 spiro atoms. The Balaban J connectivity index is 1.37. The van der Waals surface area contributed by atoms with E-state index in [9.17, 15) is 9.59 Å². The van der Waals surface area contributed by atoms with Crippen LogP contribution in [-0.2, 0) is 0 Å². The van der Waals surface area contributed by atoms with Crippen LogP contribution in [0.2, 0.25) is 0 Å². The number of hydrogen-bond donors (Lipinski definition) is 2. The van der Waals surface area contributed by atoms with Crippen molar-refractivity contribution >= 4 is 17.6 Å². The minimum absolute atomic E-state index is 0.193. The lowest BCUT2D eigenvalue weighted by atomic mass is 9.80. The summed E-state index contributed by atoms with van der Waals surface area (Å²) in [7, 11) is 0. The van der Waals surface area contributed by atoms with Gasteiger partial charge < -0.3 is 15.2 Å². The molecular formula is C26H28N4O3. The van der Waals surface area contributed by atoms with Crippen LogP contribution >= 0.6 is 0 Å². The third-order valence-electron chi connectivity index (χ3n) is 6.56. The molecule has 2 aliphatic carbocycles. The molecule has 2 saturated carbocycles. The van der Waals surface area contributed by atoms with E-state index in [0.29, 0.717) is 28.9 Å². The molecule has 1 atom stereocenters. The maximum atomic E-state index is 13.1. The van der Waals surface area contributed by atoms with Gasteiger partial charge in [0, 0.05) is 23.7 Å². The maximum absolute atomic E-state index is 13.1. The Bertz CT molecular complexity index is 1120. The number of pyridine rings is 1. The van der Waals surface area contributed by atoms with Crippen LogP contribution in [0.25, 0.3) is 0 Å². The van der Waals surface area contributed by atoms with Crippen molar-refractivity contribution in [3.05, 3.63) is 77.3 Å². The lowest BCUT2D eigenvalue weighted by Crippen LogP contribution is -2.34. The van der Waals surface area contributed by atoms with Crippen LogP contribution in [0.15, 0.2) is 59.3 Å². The normalized spacial score (nSPS) is 17.3. The van der Waals surface area contributed by atoms with Gasteiger partial charge in [0.2, 0.25) is 0 Å². The molecule has 0 bridgehead atoms. The van der Waals surface area contributed by atoms with Gasteiger partial charge in [0.1, 0.15) is 11.6 Å². The van der Waals surface area contributed by atoms with Gasteiger partial charge in [-0.15, -0.1) is 0 Å². The number of rotatable bonds is 7. The van der Waals surface area contributed by atoms with Gasteiger partial charge in [-0.1, -0.05) is 42.6 Å². The van der Waals surface area contributed by atoms with Gasteiger partial charge >= 0.3 is 0 Å². The van der Waals surface area contributed by atoms with E-state index in [1.54, 1.807) is 30.5 Å². The third kappa shape index (κ3) is 5.13. The number of amides is 2. The molecule has 2 fully saturated rings. The smallest absolute Gasteiger partial charge is 0.273 e. The first-order valence-electron chi connectivity index (χ1n) is 11.8. The minimum Gasteiger partial charge on any atom is -0.360 e. The minimum atomic E-state index is -0.232. The van der Waals surface area contributed by atoms with E-state index in [4.69, 9.17) is 4.52 Å². The first kappa shape index (κ1) is 21.4. The first-order chi connectivity index (χ1) is 16.2. The predicted molar refractivity (Wildman–Crippen MR) is 124 cm³/mol. The lowest BCUT2D eigenvalue weighted by molar-refractivity contribution is 0.0903. The topological polar surface area (TPSA) is 97.1 Å². The highest BCUT2D eigenvalue weighted by Crippen LogP contribution is 2.40. The summed E-state index contributed by atoms with van der Waals surface area (Å²) in [6.45, 7) is 0. The summed E-state index contributed by atoms with van der Waals surface area (Å²) in [5.74, 6) is 1.55. The van der Waals surface area contributed by atoms with Crippen molar-refractivity contribution in [1.82, 2.24) is 15.5 Å². The zero-order chi connectivity index (χ0) is 22.6. The highest BCUT2D eigenvalue weighted by atomic mass is 16.5. The van der Waals surface area contributed by atoms with Crippen LogP contribution in [0, 0.1) is 5.92 Å². The second-order valence-electron chi connectivity index (χ2n) is 9.03. The molecule has 5 rings (SSSR count). The van der Waals surface area contributed by atoms with E-state index < -0.39 is 0 Å². The molecule has 7 nitrogen and oxygen atoms in total. The highest BCUT2D eigenvalue weighted by Gasteiger charge is 2.31. The van der Waals surface area contributed by atoms with E-state index in [2.05, 4.69) is 20.8 Å². The van der Waals surface area contributed by atoms with E-state index in [-0.39, 0.29) is 17.9 Å². The quantitative estimate of drug-likeness (QED) is 0.519. The molecule has 2 N–H and O–H groups in total. The summed E-state index contributed by atoms with van der Waals surface area (Å²) in [6, 6.07) is 14.4. The summed E-state index contributed by atoms with van der Waals surface area (Å²) in [4.78, 5) is 30.0. The van der Waals surface area contributed by atoms with Crippen molar-refractivity contribution in [2.45, 2.75) is 56.9 Å². The fourth-order valence-electron chi connectivity index (χ4n) is 4.61. The van der Waals surface area contributed by atoms with Crippen LogP contribution in [0.1, 0.15) is 89.1 Å². The van der Waals surface area contributed by atoms with Crippen LogP contribution < -0.4 is 10.6 Å². The first-order valence-corrected chi connectivity index (χ1v) is 11.8. The molecule has 2 amide bonds. The fraction of sp³-hybridized carbons (Fsp3) is 0.385. The number of nitrogens with zero attached hydrogens (tertiary/aromatic N) is 2. The molecule has 0 radical (unpaired) electrons. The number of hydrogen-bond acceptors (Lipinski definition) is 5. The molecule has 1 unspecified atom stereocenters. The standard InChI is InChI=1S/C26H28N4O3/c31-25(28-23-11-4-5-14-27-23)20-10-6-9-19(15-20)24(18-7-2-1-3-8-18)29-26(32)21-16-22(33-30-21)17-12-13-17/h4-6,9-11,14-18,24H,1-3,7-8,12-13H2,(H,29,32)(H,27,28,31). The Kier molecular flexibility index (Phi) is 6.19. The summed E-state index contributed by atoms with van der Waals surface area (Å²) in [5.41, 5.74) is 1.78. The zero-order valence-corrected chi connectivity index (χ0v) is 18.5. The Morgan fingerprint density at radius 2 is 1.79 bits per heavy atom. The lowest BCUT2D eigenvalue weighted by Gasteiger charge is -2.31. The molecule has 2 aliphatic rings. The summed E-state index contributed by atoms with van der Waals surface area (Å²) >= 11 is 0. The van der Waals surface area contributed by atoms with Crippen molar-refractivity contribution in [2.24, 2.45) is 5.92 Å². The van der Waals surface area contributed by atoms with Crippen molar-refractivity contribution in [2.75, 3.05) is 5.32 Å². The second kappa shape index (κ2) is 9.57.